The summed E-state index contributed by atoms with van der Waals surface area (Å²) < 4.78 is 0. The van der Waals surface area contributed by atoms with Crippen LogP contribution in [-0.2, 0) is 0 Å². The quantitative estimate of drug-likeness (QED) is 0.799. The highest BCUT2D eigenvalue weighted by atomic mass is 32.1. The van der Waals surface area contributed by atoms with Crippen LogP contribution in [0.1, 0.15) is 30.9 Å². The minimum absolute atomic E-state index is 0.755. The smallest absolute Gasteiger partial charge is 0.0399 e. The first kappa shape index (κ1) is 16.7. The van der Waals surface area contributed by atoms with Crippen LogP contribution >= 0.6 is 12.6 Å². The van der Waals surface area contributed by atoms with Crippen molar-refractivity contribution in [3.63, 3.8) is 0 Å². The lowest BCUT2D eigenvalue weighted by Crippen LogP contribution is -2.48. The monoisotopic (exact) mass is 306 g/mol. The van der Waals surface area contributed by atoms with Crippen LogP contribution in [0.4, 0.5) is 5.69 Å². The molecule has 0 saturated carbocycles. The Morgan fingerprint density at radius 2 is 1.86 bits per heavy atom. The highest BCUT2D eigenvalue weighted by Crippen LogP contribution is 2.24. The van der Waals surface area contributed by atoms with Gasteiger partial charge in [-0.05, 0) is 49.1 Å². The molecule has 1 aliphatic rings. The van der Waals surface area contributed by atoms with E-state index in [0.717, 1.165) is 24.8 Å². The molecule has 1 saturated heterocycles. The Morgan fingerprint density at radius 1 is 1.14 bits per heavy atom. The largest absolute Gasteiger partial charge is 0.369 e. The number of anilines is 1. The van der Waals surface area contributed by atoms with Gasteiger partial charge in [0.05, 0.1) is 0 Å². The summed E-state index contributed by atoms with van der Waals surface area (Å²) in [4.78, 5) is 5.17. The van der Waals surface area contributed by atoms with E-state index in [1.807, 2.05) is 0 Å². The fourth-order valence-electron chi connectivity index (χ4n) is 3.26. The maximum Gasteiger partial charge on any atom is 0.0399 e. The maximum atomic E-state index is 4.51. The summed E-state index contributed by atoms with van der Waals surface area (Å²) in [6.07, 6.45) is 2.58. The first-order valence-corrected chi connectivity index (χ1v) is 8.93. The number of benzene rings is 1. The normalized spacial score (nSPS) is 18.0. The molecule has 0 bridgehead atoms. The van der Waals surface area contributed by atoms with Crippen LogP contribution in [0.25, 0.3) is 0 Å². The summed E-state index contributed by atoms with van der Waals surface area (Å²) in [5.41, 5.74) is 4.26. The summed E-state index contributed by atoms with van der Waals surface area (Å²) in [7, 11) is 0. The van der Waals surface area contributed by atoms with Gasteiger partial charge in [0.1, 0.15) is 0 Å². The van der Waals surface area contributed by atoms with Gasteiger partial charge < -0.3 is 4.90 Å². The second kappa shape index (κ2) is 8.09. The molecule has 2 nitrogen and oxygen atoms in total. The molecule has 0 amide bonds. The molecule has 0 aromatic heterocycles. The van der Waals surface area contributed by atoms with Crippen LogP contribution in [0, 0.1) is 19.8 Å². The Labute approximate surface area is 135 Å². The molecular formula is C18H30N2S. The average molecular weight is 307 g/mol. The minimum atomic E-state index is 0.755. The molecule has 1 aromatic carbocycles. The highest BCUT2D eigenvalue weighted by molar-refractivity contribution is 7.80. The number of thiol groups is 1. The fourth-order valence-corrected chi connectivity index (χ4v) is 3.56. The zero-order valence-corrected chi connectivity index (χ0v) is 14.7. The molecule has 1 heterocycles. The van der Waals surface area contributed by atoms with E-state index in [2.05, 4.69) is 61.4 Å². The van der Waals surface area contributed by atoms with E-state index in [9.17, 15) is 0 Å². The molecule has 118 valence electrons. The predicted molar refractivity (Wildman–Crippen MR) is 96.8 cm³/mol. The number of nitrogens with zero attached hydrogens (tertiary/aromatic N) is 2. The molecule has 1 aliphatic heterocycles. The van der Waals surface area contributed by atoms with E-state index in [1.54, 1.807) is 0 Å². The predicted octanol–water partition coefficient (Wildman–Crippen LogP) is 3.77. The number of piperazine rings is 1. The van der Waals surface area contributed by atoms with Gasteiger partial charge in [-0.25, -0.2) is 0 Å². The molecule has 1 fully saturated rings. The molecule has 1 unspecified atom stereocenters. The van der Waals surface area contributed by atoms with Crippen molar-refractivity contribution < 1.29 is 0 Å². The van der Waals surface area contributed by atoms with Crippen molar-refractivity contribution in [1.29, 1.82) is 0 Å². The second-order valence-electron chi connectivity index (χ2n) is 6.34. The van der Waals surface area contributed by atoms with Crippen molar-refractivity contribution in [2.45, 2.75) is 33.6 Å². The van der Waals surface area contributed by atoms with Crippen molar-refractivity contribution in [3.05, 3.63) is 29.3 Å². The first-order chi connectivity index (χ1) is 10.2. The first-order valence-electron chi connectivity index (χ1n) is 8.30. The topological polar surface area (TPSA) is 6.48 Å². The Balaban J connectivity index is 1.89. The molecule has 1 aromatic rings. The van der Waals surface area contributed by atoms with E-state index in [1.165, 1.54) is 49.3 Å². The molecule has 3 heteroatoms. The van der Waals surface area contributed by atoms with Gasteiger partial charge >= 0.3 is 0 Å². The molecular weight excluding hydrogens is 276 g/mol. The van der Waals surface area contributed by atoms with Gasteiger partial charge in [0.15, 0.2) is 0 Å². The lowest BCUT2D eigenvalue weighted by molar-refractivity contribution is 0.221. The van der Waals surface area contributed by atoms with Crippen LogP contribution in [0.15, 0.2) is 18.2 Å². The Hall–Kier alpha value is -0.670. The van der Waals surface area contributed by atoms with Gasteiger partial charge in [0.25, 0.3) is 0 Å². The average Bonchev–Trinajstić information content (AvgIpc) is 2.50. The Morgan fingerprint density at radius 3 is 2.48 bits per heavy atom. The Kier molecular flexibility index (Phi) is 6.43. The van der Waals surface area contributed by atoms with Gasteiger partial charge in [-0.3, -0.25) is 4.90 Å². The van der Waals surface area contributed by atoms with E-state index in [-0.39, 0.29) is 0 Å². The van der Waals surface area contributed by atoms with Crippen molar-refractivity contribution in [2.75, 3.05) is 43.4 Å². The summed E-state index contributed by atoms with van der Waals surface area (Å²) in [6, 6.07) is 6.66. The van der Waals surface area contributed by atoms with Gasteiger partial charge in [-0.15, -0.1) is 0 Å². The highest BCUT2D eigenvalue weighted by Gasteiger charge is 2.20. The van der Waals surface area contributed by atoms with Crippen LogP contribution in [0.2, 0.25) is 0 Å². The van der Waals surface area contributed by atoms with Crippen LogP contribution in [0.3, 0.4) is 0 Å². The third-order valence-corrected chi connectivity index (χ3v) is 5.28. The van der Waals surface area contributed by atoms with Crippen LogP contribution < -0.4 is 4.90 Å². The number of aryl methyl sites for hydroxylation is 1. The fraction of sp³-hybridized carbons (Fsp3) is 0.667. The summed E-state index contributed by atoms with van der Waals surface area (Å²) in [5.74, 6) is 1.77. The van der Waals surface area contributed by atoms with Crippen molar-refractivity contribution in [2.24, 2.45) is 5.92 Å². The molecule has 0 radical (unpaired) electrons. The Bertz CT molecular complexity index is 439. The SMILES string of the molecule is CCCC(CS)CN1CCN(c2cccc(C)c2C)CC1. The van der Waals surface area contributed by atoms with Gasteiger partial charge in [0.2, 0.25) is 0 Å². The summed E-state index contributed by atoms with van der Waals surface area (Å²) in [6.45, 7) is 12.6. The summed E-state index contributed by atoms with van der Waals surface area (Å²) >= 11 is 4.51. The van der Waals surface area contributed by atoms with E-state index < -0.39 is 0 Å². The molecule has 2 rings (SSSR count). The second-order valence-corrected chi connectivity index (χ2v) is 6.71. The zero-order chi connectivity index (χ0) is 15.2. The minimum Gasteiger partial charge on any atom is -0.369 e. The number of rotatable bonds is 6. The van der Waals surface area contributed by atoms with E-state index in [4.69, 9.17) is 0 Å². The number of hydrogen-bond acceptors (Lipinski definition) is 3. The number of hydrogen-bond donors (Lipinski definition) is 1. The molecule has 0 aliphatic carbocycles. The van der Waals surface area contributed by atoms with E-state index >= 15 is 0 Å². The molecule has 21 heavy (non-hydrogen) atoms. The lowest BCUT2D eigenvalue weighted by atomic mass is 10.0. The maximum absolute atomic E-state index is 4.51. The van der Waals surface area contributed by atoms with Gasteiger partial charge in [-0.1, -0.05) is 25.5 Å². The molecule has 0 spiro atoms. The van der Waals surface area contributed by atoms with E-state index in [0.29, 0.717) is 0 Å². The van der Waals surface area contributed by atoms with Crippen molar-refractivity contribution >= 4 is 18.3 Å². The third kappa shape index (κ3) is 4.40. The van der Waals surface area contributed by atoms with Gasteiger partial charge in [0, 0.05) is 38.4 Å². The lowest BCUT2D eigenvalue weighted by Gasteiger charge is -2.38. The van der Waals surface area contributed by atoms with Crippen molar-refractivity contribution in [3.8, 4) is 0 Å². The standard InChI is InChI=1S/C18H30N2S/c1-4-6-17(14-21)13-19-9-11-20(12-10-19)18-8-5-7-15(2)16(18)3/h5,7-8,17,21H,4,6,9-14H2,1-3H3. The van der Waals surface area contributed by atoms with Crippen LogP contribution in [-0.4, -0.2) is 43.4 Å². The summed E-state index contributed by atoms with van der Waals surface area (Å²) in [5, 5.41) is 0. The zero-order valence-electron chi connectivity index (χ0n) is 13.8. The molecule has 0 N–H and O–H groups in total. The van der Waals surface area contributed by atoms with Gasteiger partial charge in [-0.2, -0.15) is 12.6 Å². The van der Waals surface area contributed by atoms with Crippen LogP contribution in [0.5, 0.6) is 0 Å². The van der Waals surface area contributed by atoms with Crippen molar-refractivity contribution in [1.82, 2.24) is 4.90 Å². The molecule has 1 atom stereocenters. The third-order valence-electron chi connectivity index (χ3n) is 4.76.